The first-order chi connectivity index (χ1) is 9.63. The normalized spacial score (nSPS) is 16.8. The fourth-order valence-corrected chi connectivity index (χ4v) is 2.15. The average Bonchev–Trinajstić information content (AvgIpc) is 3.18. The fraction of sp³-hybridized carbons (Fsp3) is 0.357. The second kappa shape index (κ2) is 5.05. The molecule has 6 heteroatoms. The summed E-state index contributed by atoms with van der Waals surface area (Å²) in [6, 6.07) is 5.29. The maximum atomic E-state index is 11.7. The lowest BCUT2D eigenvalue weighted by Gasteiger charge is -2.06. The van der Waals surface area contributed by atoms with Crippen LogP contribution in [0.2, 0.25) is 0 Å². The summed E-state index contributed by atoms with van der Waals surface area (Å²) in [7, 11) is 0. The molecule has 0 aromatic heterocycles. The van der Waals surface area contributed by atoms with Crippen LogP contribution in [0.25, 0.3) is 0 Å². The summed E-state index contributed by atoms with van der Waals surface area (Å²) >= 11 is 0. The van der Waals surface area contributed by atoms with Crippen molar-refractivity contribution < 1.29 is 14.4 Å². The minimum atomic E-state index is -0.420. The van der Waals surface area contributed by atoms with Gasteiger partial charge in [-0.2, -0.15) is 0 Å². The van der Waals surface area contributed by atoms with E-state index in [1.54, 1.807) is 12.1 Å². The summed E-state index contributed by atoms with van der Waals surface area (Å²) in [6.07, 6.45) is 2.77. The van der Waals surface area contributed by atoms with Gasteiger partial charge in [0.05, 0.1) is 11.1 Å². The minimum absolute atomic E-state index is 0.108. The van der Waals surface area contributed by atoms with Crippen molar-refractivity contribution in [3.63, 3.8) is 0 Å². The largest absolute Gasteiger partial charge is 0.326 e. The Balaban J connectivity index is 1.60. The van der Waals surface area contributed by atoms with Gasteiger partial charge < -0.3 is 10.6 Å². The molecule has 1 heterocycles. The van der Waals surface area contributed by atoms with Crippen LogP contribution >= 0.6 is 0 Å². The molecule has 0 saturated heterocycles. The van der Waals surface area contributed by atoms with Gasteiger partial charge in [0.2, 0.25) is 5.91 Å². The number of nitrogens with one attached hydrogen (secondary N) is 3. The van der Waals surface area contributed by atoms with E-state index in [1.807, 2.05) is 0 Å². The zero-order chi connectivity index (χ0) is 14.1. The molecule has 3 N–H and O–H groups in total. The first kappa shape index (κ1) is 12.8. The number of hydrogen-bond acceptors (Lipinski definition) is 4. The van der Waals surface area contributed by atoms with Gasteiger partial charge in [-0.15, -0.1) is 0 Å². The summed E-state index contributed by atoms with van der Waals surface area (Å²) in [5.41, 5.74) is 1.19. The molecule has 1 aliphatic heterocycles. The lowest BCUT2D eigenvalue weighted by atomic mass is 10.1. The van der Waals surface area contributed by atoms with E-state index in [1.165, 1.54) is 18.9 Å². The van der Waals surface area contributed by atoms with Crippen LogP contribution in [-0.4, -0.2) is 30.3 Å². The van der Waals surface area contributed by atoms with E-state index in [0.717, 1.165) is 0 Å². The van der Waals surface area contributed by atoms with Gasteiger partial charge in [-0.3, -0.25) is 19.7 Å². The van der Waals surface area contributed by atoms with Crippen LogP contribution in [0.3, 0.4) is 0 Å². The van der Waals surface area contributed by atoms with Crippen LogP contribution in [-0.2, 0) is 4.79 Å². The number of anilines is 1. The molecule has 1 aliphatic carbocycles. The molecule has 1 aromatic carbocycles. The van der Waals surface area contributed by atoms with E-state index >= 15 is 0 Å². The number of fused-ring (bicyclic) bond motifs is 1. The van der Waals surface area contributed by atoms with Gasteiger partial charge in [0.15, 0.2) is 0 Å². The molecule has 6 nitrogen and oxygen atoms in total. The van der Waals surface area contributed by atoms with E-state index in [4.69, 9.17) is 0 Å². The van der Waals surface area contributed by atoms with Gasteiger partial charge in [0.1, 0.15) is 0 Å². The Bertz CT molecular complexity index is 593. The molecule has 1 fully saturated rings. The standard InChI is InChI=1S/C14H15N3O3/c18-12(5-6-15-8-1-2-8)16-9-3-4-10-11(7-9)14(20)17-13(10)19/h3-4,7-8,15H,1-2,5-6H2,(H,16,18)(H,17,19,20). The van der Waals surface area contributed by atoms with Crippen molar-refractivity contribution in [3.8, 4) is 0 Å². The monoisotopic (exact) mass is 273 g/mol. The number of rotatable bonds is 5. The smallest absolute Gasteiger partial charge is 0.259 e. The molecule has 0 spiro atoms. The minimum Gasteiger partial charge on any atom is -0.326 e. The zero-order valence-corrected chi connectivity index (χ0v) is 10.9. The van der Waals surface area contributed by atoms with Gasteiger partial charge in [-0.1, -0.05) is 0 Å². The van der Waals surface area contributed by atoms with Crippen molar-refractivity contribution in [2.45, 2.75) is 25.3 Å². The third kappa shape index (κ3) is 2.70. The van der Waals surface area contributed by atoms with Gasteiger partial charge in [0, 0.05) is 24.7 Å². The highest BCUT2D eigenvalue weighted by molar-refractivity contribution is 6.22. The lowest BCUT2D eigenvalue weighted by Crippen LogP contribution is -2.23. The van der Waals surface area contributed by atoms with Crippen LogP contribution in [0.1, 0.15) is 40.0 Å². The maximum Gasteiger partial charge on any atom is 0.259 e. The second-order valence-corrected chi connectivity index (χ2v) is 5.07. The molecule has 2 aliphatic rings. The first-order valence-electron chi connectivity index (χ1n) is 6.66. The van der Waals surface area contributed by atoms with Crippen LogP contribution in [0.4, 0.5) is 5.69 Å². The molecule has 0 bridgehead atoms. The molecule has 1 saturated carbocycles. The number of amides is 3. The zero-order valence-electron chi connectivity index (χ0n) is 10.9. The Kier molecular flexibility index (Phi) is 3.23. The number of carbonyl (C=O) groups excluding carboxylic acids is 3. The van der Waals surface area contributed by atoms with E-state index < -0.39 is 11.8 Å². The molecule has 0 unspecified atom stereocenters. The number of benzene rings is 1. The third-order valence-corrected chi connectivity index (χ3v) is 3.38. The number of hydrogen-bond donors (Lipinski definition) is 3. The van der Waals surface area contributed by atoms with Crippen molar-refractivity contribution in [2.75, 3.05) is 11.9 Å². The highest BCUT2D eigenvalue weighted by atomic mass is 16.2. The topological polar surface area (TPSA) is 87.3 Å². The summed E-state index contributed by atoms with van der Waals surface area (Å²) < 4.78 is 0. The third-order valence-electron chi connectivity index (χ3n) is 3.38. The predicted molar refractivity (Wildman–Crippen MR) is 72.5 cm³/mol. The van der Waals surface area contributed by atoms with Crippen LogP contribution in [0.5, 0.6) is 0 Å². The Morgan fingerprint density at radius 2 is 1.95 bits per heavy atom. The molecule has 0 radical (unpaired) electrons. The number of carbonyl (C=O) groups is 3. The summed E-state index contributed by atoms with van der Waals surface area (Å²) in [6.45, 7) is 0.653. The fourth-order valence-electron chi connectivity index (χ4n) is 2.15. The molecular weight excluding hydrogens is 258 g/mol. The average molecular weight is 273 g/mol. The molecule has 0 atom stereocenters. The molecule has 3 rings (SSSR count). The highest BCUT2D eigenvalue weighted by Gasteiger charge is 2.26. The van der Waals surface area contributed by atoms with E-state index in [0.29, 0.717) is 35.8 Å². The molecule has 3 amide bonds. The Labute approximate surface area is 115 Å². The van der Waals surface area contributed by atoms with Crippen LogP contribution in [0, 0.1) is 0 Å². The van der Waals surface area contributed by atoms with Crippen LogP contribution < -0.4 is 16.0 Å². The Morgan fingerprint density at radius 3 is 2.70 bits per heavy atom. The maximum absolute atomic E-state index is 11.7. The van der Waals surface area contributed by atoms with E-state index in [2.05, 4.69) is 16.0 Å². The van der Waals surface area contributed by atoms with Crippen molar-refractivity contribution in [1.82, 2.24) is 10.6 Å². The molecule has 1 aromatic rings. The summed E-state index contributed by atoms with van der Waals surface area (Å²) in [5, 5.41) is 8.20. The SMILES string of the molecule is O=C(CCNC1CC1)Nc1ccc2c(c1)C(=O)NC2=O. The Hall–Kier alpha value is -2.21. The lowest BCUT2D eigenvalue weighted by molar-refractivity contribution is -0.116. The van der Waals surface area contributed by atoms with Gasteiger partial charge in [0.25, 0.3) is 11.8 Å². The quantitative estimate of drug-likeness (QED) is 0.687. The summed E-state index contributed by atoms with van der Waals surface area (Å²) in [5.74, 6) is -0.921. The van der Waals surface area contributed by atoms with Crippen molar-refractivity contribution >= 4 is 23.4 Å². The Morgan fingerprint density at radius 1 is 1.20 bits per heavy atom. The first-order valence-corrected chi connectivity index (χ1v) is 6.66. The van der Waals surface area contributed by atoms with Crippen molar-refractivity contribution in [3.05, 3.63) is 29.3 Å². The van der Waals surface area contributed by atoms with Gasteiger partial charge >= 0.3 is 0 Å². The van der Waals surface area contributed by atoms with Gasteiger partial charge in [-0.05, 0) is 31.0 Å². The highest BCUT2D eigenvalue weighted by Crippen LogP contribution is 2.20. The molecular formula is C14H15N3O3. The van der Waals surface area contributed by atoms with Gasteiger partial charge in [-0.25, -0.2) is 0 Å². The predicted octanol–water partition coefficient (Wildman–Crippen LogP) is 0.651. The van der Waals surface area contributed by atoms with E-state index in [-0.39, 0.29) is 5.91 Å². The van der Waals surface area contributed by atoms with E-state index in [9.17, 15) is 14.4 Å². The molecule has 104 valence electrons. The number of imide groups is 1. The van der Waals surface area contributed by atoms with Crippen molar-refractivity contribution in [2.24, 2.45) is 0 Å². The second-order valence-electron chi connectivity index (χ2n) is 5.07. The summed E-state index contributed by atoms with van der Waals surface area (Å²) in [4.78, 5) is 34.6. The molecule has 20 heavy (non-hydrogen) atoms. The van der Waals surface area contributed by atoms with Crippen molar-refractivity contribution in [1.29, 1.82) is 0 Å². The van der Waals surface area contributed by atoms with Crippen LogP contribution in [0.15, 0.2) is 18.2 Å².